The lowest BCUT2D eigenvalue weighted by molar-refractivity contribution is -0.143. The average Bonchev–Trinajstić information content (AvgIpc) is 2.55. The van der Waals surface area contributed by atoms with Crippen molar-refractivity contribution in [1.29, 1.82) is 0 Å². The van der Waals surface area contributed by atoms with E-state index >= 15 is 0 Å². The number of hydrogen-bond acceptors (Lipinski definition) is 6. The maximum Gasteiger partial charge on any atom is 0.408 e. The Balaban J connectivity index is 2.49. The van der Waals surface area contributed by atoms with Gasteiger partial charge in [-0.3, -0.25) is 4.79 Å². The van der Waals surface area contributed by atoms with Crippen molar-refractivity contribution in [1.82, 2.24) is 9.78 Å². The predicted molar refractivity (Wildman–Crippen MR) is 97.8 cm³/mol. The van der Waals surface area contributed by atoms with Crippen LogP contribution in [0.2, 0.25) is 0 Å². The molecular formula is C17H20F3N3O5S. The minimum Gasteiger partial charge on any atom is -0.487 e. The molecule has 0 aliphatic carbocycles. The molecule has 0 radical (unpaired) electrons. The first-order chi connectivity index (χ1) is 13.2. The molecule has 1 heterocycles. The van der Waals surface area contributed by atoms with E-state index in [0.717, 1.165) is 6.20 Å². The number of nitrogens with two attached hydrogens (primary N) is 1. The molecule has 1 aromatic heterocycles. The third kappa shape index (κ3) is 6.54. The highest BCUT2D eigenvalue weighted by Crippen LogP contribution is 2.28. The summed E-state index contributed by atoms with van der Waals surface area (Å²) in [6, 6.07) is 5.03. The van der Waals surface area contributed by atoms with E-state index in [4.69, 9.17) is 9.88 Å². The fraction of sp³-hybridized carbons (Fsp3) is 0.412. The SMILES string of the molecule is CC(C)(O)CCOc1c(-c2ccc(S(N)(=O)=O)cc2)cnn(CC(F)(F)F)c1=O. The normalized spacial score (nSPS) is 12.8. The molecule has 0 fully saturated rings. The minimum absolute atomic E-state index is 0.0742. The summed E-state index contributed by atoms with van der Waals surface area (Å²) in [5.41, 5.74) is -1.86. The molecule has 0 unspecified atom stereocenters. The summed E-state index contributed by atoms with van der Waals surface area (Å²) >= 11 is 0. The highest BCUT2D eigenvalue weighted by molar-refractivity contribution is 7.89. The van der Waals surface area contributed by atoms with Crippen molar-refractivity contribution in [3.8, 4) is 16.9 Å². The van der Waals surface area contributed by atoms with Crippen molar-refractivity contribution in [3.05, 3.63) is 40.8 Å². The number of nitrogens with zero attached hydrogens (tertiary/aromatic N) is 2. The molecule has 12 heteroatoms. The molecule has 0 atom stereocenters. The van der Waals surface area contributed by atoms with Gasteiger partial charge in [-0.05, 0) is 31.5 Å². The molecule has 2 aromatic rings. The Labute approximate surface area is 164 Å². The van der Waals surface area contributed by atoms with E-state index in [-0.39, 0.29) is 28.2 Å². The lowest BCUT2D eigenvalue weighted by Crippen LogP contribution is -2.32. The summed E-state index contributed by atoms with van der Waals surface area (Å²) in [4.78, 5) is 12.3. The number of alkyl halides is 3. The van der Waals surface area contributed by atoms with Gasteiger partial charge in [0, 0.05) is 12.0 Å². The van der Waals surface area contributed by atoms with Crippen LogP contribution in [0.4, 0.5) is 13.2 Å². The van der Waals surface area contributed by atoms with E-state index in [0.29, 0.717) is 5.56 Å². The van der Waals surface area contributed by atoms with Gasteiger partial charge in [-0.25, -0.2) is 18.2 Å². The Hall–Kier alpha value is -2.44. The summed E-state index contributed by atoms with van der Waals surface area (Å²) in [5.74, 6) is -0.392. The van der Waals surface area contributed by atoms with Gasteiger partial charge >= 0.3 is 11.7 Å². The zero-order valence-electron chi connectivity index (χ0n) is 15.6. The first-order valence-corrected chi connectivity index (χ1v) is 9.87. The monoisotopic (exact) mass is 435 g/mol. The standard InChI is InChI=1S/C17H20F3N3O5S/c1-16(2,25)7-8-28-14-13(9-22-23(15(14)24)10-17(18,19)20)11-3-5-12(6-4-11)29(21,26)27/h3-6,9,25H,7-8,10H2,1-2H3,(H2,21,26,27). The van der Waals surface area contributed by atoms with Crippen molar-refractivity contribution in [3.63, 3.8) is 0 Å². The van der Waals surface area contributed by atoms with Gasteiger partial charge in [0.1, 0.15) is 6.54 Å². The van der Waals surface area contributed by atoms with Gasteiger partial charge in [0.25, 0.3) is 0 Å². The van der Waals surface area contributed by atoms with Gasteiger partial charge in [-0.15, -0.1) is 0 Å². The van der Waals surface area contributed by atoms with Gasteiger partial charge in [0.05, 0.1) is 23.3 Å². The molecule has 2 rings (SSSR count). The topological polar surface area (TPSA) is 125 Å². The van der Waals surface area contributed by atoms with Crippen molar-refractivity contribution in [2.45, 2.75) is 43.5 Å². The van der Waals surface area contributed by atoms with Crippen molar-refractivity contribution in [2.24, 2.45) is 5.14 Å². The number of hydrogen-bond donors (Lipinski definition) is 2. The van der Waals surface area contributed by atoms with E-state index < -0.39 is 39.7 Å². The average molecular weight is 435 g/mol. The smallest absolute Gasteiger partial charge is 0.408 e. The molecule has 0 aliphatic heterocycles. The maximum absolute atomic E-state index is 12.7. The second-order valence-corrected chi connectivity index (χ2v) is 8.51. The molecule has 8 nitrogen and oxygen atoms in total. The van der Waals surface area contributed by atoms with Crippen LogP contribution < -0.4 is 15.4 Å². The molecule has 29 heavy (non-hydrogen) atoms. The van der Waals surface area contributed by atoms with Crippen LogP contribution in [0.5, 0.6) is 5.75 Å². The molecule has 0 saturated carbocycles. The van der Waals surface area contributed by atoms with E-state index in [9.17, 15) is 31.5 Å². The lowest BCUT2D eigenvalue weighted by Gasteiger charge is -2.18. The lowest BCUT2D eigenvalue weighted by atomic mass is 10.1. The fourth-order valence-electron chi connectivity index (χ4n) is 2.33. The van der Waals surface area contributed by atoms with Crippen molar-refractivity contribution < 1.29 is 31.4 Å². The van der Waals surface area contributed by atoms with Crippen LogP contribution in [0, 0.1) is 0 Å². The summed E-state index contributed by atoms with van der Waals surface area (Å²) in [5, 5.41) is 18.3. The largest absolute Gasteiger partial charge is 0.487 e. The first kappa shape index (κ1) is 22.8. The zero-order chi connectivity index (χ0) is 22.0. The number of aromatic nitrogens is 2. The molecule has 0 saturated heterocycles. The third-order valence-corrected chi connectivity index (χ3v) is 4.71. The highest BCUT2D eigenvalue weighted by Gasteiger charge is 2.30. The molecular weight excluding hydrogens is 415 g/mol. The molecule has 0 bridgehead atoms. The molecule has 3 N–H and O–H groups in total. The van der Waals surface area contributed by atoms with Crippen LogP contribution in [0.3, 0.4) is 0 Å². The van der Waals surface area contributed by atoms with E-state index in [2.05, 4.69) is 5.10 Å². The van der Waals surface area contributed by atoms with E-state index in [1.807, 2.05) is 0 Å². The Morgan fingerprint density at radius 2 is 1.79 bits per heavy atom. The number of halogens is 3. The van der Waals surface area contributed by atoms with Gasteiger partial charge < -0.3 is 9.84 Å². The van der Waals surface area contributed by atoms with Crippen LogP contribution in [0.1, 0.15) is 20.3 Å². The van der Waals surface area contributed by atoms with Gasteiger partial charge in [0.2, 0.25) is 10.0 Å². The highest BCUT2D eigenvalue weighted by atomic mass is 32.2. The maximum atomic E-state index is 12.7. The number of rotatable bonds is 7. The van der Waals surface area contributed by atoms with Crippen LogP contribution in [0.15, 0.2) is 40.2 Å². The Bertz CT molecular complexity index is 1030. The van der Waals surface area contributed by atoms with Crippen LogP contribution in [0.25, 0.3) is 11.1 Å². The van der Waals surface area contributed by atoms with Crippen LogP contribution in [-0.2, 0) is 16.6 Å². The van der Waals surface area contributed by atoms with Crippen molar-refractivity contribution in [2.75, 3.05) is 6.61 Å². The molecule has 0 amide bonds. The van der Waals surface area contributed by atoms with Crippen LogP contribution >= 0.6 is 0 Å². The van der Waals surface area contributed by atoms with Gasteiger partial charge in [-0.2, -0.15) is 18.3 Å². The minimum atomic E-state index is -4.67. The van der Waals surface area contributed by atoms with Crippen molar-refractivity contribution >= 4 is 10.0 Å². The van der Waals surface area contributed by atoms with Gasteiger partial charge in [0.15, 0.2) is 5.75 Å². The second kappa shape index (κ2) is 8.13. The summed E-state index contributed by atoms with van der Waals surface area (Å²) in [7, 11) is -3.94. The summed E-state index contributed by atoms with van der Waals surface area (Å²) in [6.45, 7) is 1.28. The Kier molecular flexibility index (Phi) is 6.40. The van der Waals surface area contributed by atoms with E-state index in [1.165, 1.54) is 38.1 Å². The van der Waals surface area contributed by atoms with Gasteiger partial charge in [-0.1, -0.05) is 12.1 Å². The van der Waals surface area contributed by atoms with E-state index in [1.54, 1.807) is 0 Å². The second-order valence-electron chi connectivity index (χ2n) is 6.95. The quantitative estimate of drug-likeness (QED) is 0.682. The fourth-order valence-corrected chi connectivity index (χ4v) is 2.84. The third-order valence-electron chi connectivity index (χ3n) is 3.78. The summed E-state index contributed by atoms with van der Waals surface area (Å²) < 4.78 is 66.5. The summed E-state index contributed by atoms with van der Waals surface area (Å²) in [6.07, 6.45) is -3.53. The van der Waals surface area contributed by atoms with Crippen LogP contribution in [-0.4, -0.2) is 41.7 Å². The number of ether oxygens (including phenoxy) is 1. The number of aliphatic hydroxyl groups is 1. The first-order valence-electron chi connectivity index (χ1n) is 8.33. The number of primary sulfonamides is 1. The molecule has 0 aliphatic rings. The molecule has 0 spiro atoms. The number of sulfonamides is 1. The predicted octanol–water partition coefficient (Wildman–Crippen LogP) is 1.66. The Morgan fingerprint density at radius 3 is 2.28 bits per heavy atom. The number of benzene rings is 1. The Morgan fingerprint density at radius 1 is 1.21 bits per heavy atom. The molecule has 1 aromatic carbocycles. The zero-order valence-corrected chi connectivity index (χ0v) is 16.4. The molecule has 160 valence electrons.